The molecule has 0 saturated carbocycles. The maximum Gasteiger partial charge on any atom is 0.223 e. The number of carbonyl (C=O) groups is 1. The molecule has 3 aromatic heterocycles. The summed E-state index contributed by atoms with van der Waals surface area (Å²) in [7, 11) is 0. The number of hydrogen-bond donors (Lipinski definition) is 1. The van der Waals surface area contributed by atoms with Crippen molar-refractivity contribution >= 4 is 23.1 Å². The number of carbonyl (C=O) groups excluding carboxylic acids is 1. The first-order valence-corrected chi connectivity index (χ1v) is 10.5. The van der Waals surface area contributed by atoms with Gasteiger partial charge in [0, 0.05) is 31.5 Å². The van der Waals surface area contributed by atoms with Crippen molar-refractivity contribution in [1.82, 2.24) is 15.5 Å². The largest absolute Gasteiger partial charge is 0.469 e. The molecule has 1 atom stereocenters. The molecule has 1 aliphatic heterocycles. The normalized spacial score (nSPS) is 16.1. The summed E-state index contributed by atoms with van der Waals surface area (Å²) in [5, 5.41) is 13.9. The van der Waals surface area contributed by atoms with Gasteiger partial charge in [0.2, 0.25) is 5.91 Å². The summed E-state index contributed by atoms with van der Waals surface area (Å²) in [5.74, 6) is 1.96. The topological polar surface area (TPSA) is 71.3 Å². The van der Waals surface area contributed by atoms with Gasteiger partial charge in [-0.05, 0) is 55.5 Å². The summed E-state index contributed by atoms with van der Waals surface area (Å²) in [6.07, 6.45) is 4.03. The molecular weight excluding hydrogens is 372 g/mol. The van der Waals surface area contributed by atoms with E-state index in [1.54, 1.807) is 17.6 Å². The van der Waals surface area contributed by atoms with Gasteiger partial charge < -0.3 is 14.6 Å². The molecule has 0 aliphatic carbocycles. The standard InChI is InChI=1S/C21H24N4O2S/c1-15(14-17-4-2-12-27-17)22-21(26)16-8-10-25(11-9-16)20-7-6-18(23-24-20)19-5-3-13-28-19/h2-7,12-13,15-16H,8-11,14H2,1H3,(H,22,26). The molecule has 0 bridgehead atoms. The first kappa shape index (κ1) is 18.7. The highest BCUT2D eigenvalue weighted by Crippen LogP contribution is 2.25. The van der Waals surface area contributed by atoms with E-state index in [0.29, 0.717) is 6.42 Å². The smallest absolute Gasteiger partial charge is 0.223 e. The lowest BCUT2D eigenvalue weighted by Gasteiger charge is -2.32. The van der Waals surface area contributed by atoms with E-state index in [-0.39, 0.29) is 17.9 Å². The van der Waals surface area contributed by atoms with Gasteiger partial charge in [-0.25, -0.2) is 0 Å². The minimum atomic E-state index is 0.0497. The van der Waals surface area contributed by atoms with Crippen LogP contribution in [0.5, 0.6) is 0 Å². The fourth-order valence-electron chi connectivity index (χ4n) is 3.56. The van der Waals surface area contributed by atoms with Crippen LogP contribution < -0.4 is 10.2 Å². The fourth-order valence-corrected chi connectivity index (χ4v) is 4.25. The molecule has 1 unspecified atom stereocenters. The Morgan fingerprint density at radius 3 is 2.75 bits per heavy atom. The maximum atomic E-state index is 12.6. The lowest BCUT2D eigenvalue weighted by Crippen LogP contribution is -2.43. The highest BCUT2D eigenvalue weighted by atomic mass is 32.1. The van der Waals surface area contributed by atoms with Crippen LogP contribution in [0.15, 0.2) is 52.5 Å². The predicted octanol–water partition coefficient (Wildman–Crippen LogP) is 3.76. The van der Waals surface area contributed by atoms with Crippen molar-refractivity contribution in [3.05, 3.63) is 53.8 Å². The van der Waals surface area contributed by atoms with Crippen molar-refractivity contribution in [3.8, 4) is 10.6 Å². The summed E-state index contributed by atoms with van der Waals surface area (Å²) in [6.45, 7) is 3.65. The van der Waals surface area contributed by atoms with Crippen LogP contribution in [0.4, 0.5) is 5.82 Å². The van der Waals surface area contributed by atoms with E-state index in [1.807, 2.05) is 48.7 Å². The number of rotatable bonds is 6. The van der Waals surface area contributed by atoms with Gasteiger partial charge in [0.15, 0.2) is 5.82 Å². The minimum absolute atomic E-state index is 0.0497. The van der Waals surface area contributed by atoms with E-state index in [9.17, 15) is 4.79 Å². The van der Waals surface area contributed by atoms with E-state index in [2.05, 4.69) is 20.4 Å². The molecule has 0 aromatic carbocycles. The van der Waals surface area contributed by atoms with Gasteiger partial charge in [-0.2, -0.15) is 0 Å². The molecule has 28 heavy (non-hydrogen) atoms. The Bertz CT molecular complexity index is 870. The van der Waals surface area contributed by atoms with Crippen molar-refractivity contribution < 1.29 is 9.21 Å². The number of nitrogens with one attached hydrogen (secondary N) is 1. The molecular formula is C21H24N4O2S. The Kier molecular flexibility index (Phi) is 5.71. The zero-order valence-corrected chi connectivity index (χ0v) is 16.7. The zero-order chi connectivity index (χ0) is 19.3. The van der Waals surface area contributed by atoms with Crippen molar-refractivity contribution in [3.63, 3.8) is 0 Å². The first-order chi connectivity index (χ1) is 13.7. The Hall–Kier alpha value is -2.67. The van der Waals surface area contributed by atoms with Gasteiger partial charge >= 0.3 is 0 Å². The molecule has 4 heterocycles. The van der Waals surface area contributed by atoms with E-state index in [4.69, 9.17) is 4.42 Å². The van der Waals surface area contributed by atoms with Gasteiger partial charge in [-0.3, -0.25) is 4.79 Å². The number of piperidine rings is 1. The second-order valence-electron chi connectivity index (χ2n) is 7.21. The van der Waals surface area contributed by atoms with Crippen LogP contribution >= 0.6 is 11.3 Å². The molecule has 0 radical (unpaired) electrons. The van der Waals surface area contributed by atoms with Crippen LogP contribution in [0.2, 0.25) is 0 Å². The van der Waals surface area contributed by atoms with Crippen LogP contribution in [-0.2, 0) is 11.2 Å². The fraction of sp³-hybridized carbons (Fsp3) is 0.381. The molecule has 1 saturated heterocycles. The van der Waals surface area contributed by atoms with Gasteiger partial charge in [0.25, 0.3) is 0 Å². The molecule has 4 rings (SSSR count). The monoisotopic (exact) mass is 396 g/mol. The lowest BCUT2D eigenvalue weighted by molar-refractivity contribution is -0.126. The summed E-state index contributed by atoms with van der Waals surface area (Å²) in [4.78, 5) is 15.9. The second-order valence-corrected chi connectivity index (χ2v) is 8.16. The van der Waals surface area contributed by atoms with Crippen molar-refractivity contribution in [1.29, 1.82) is 0 Å². The Morgan fingerprint density at radius 1 is 1.25 bits per heavy atom. The van der Waals surface area contributed by atoms with Crippen molar-refractivity contribution in [2.45, 2.75) is 32.2 Å². The summed E-state index contributed by atoms with van der Waals surface area (Å²) in [6, 6.07) is 12.0. The van der Waals surface area contributed by atoms with E-state index >= 15 is 0 Å². The number of nitrogens with zero attached hydrogens (tertiary/aromatic N) is 3. The zero-order valence-electron chi connectivity index (χ0n) is 15.9. The van der Waals surface area contributed by atoms with E-state index < -0.39 is 0 Å². The second kappa shape index (κ2) is 8.56. The SMILES string of the molecule is CC(Cc1ccco1)NC(=O)C1CCN(c2ccc(-c3cccs3)nn2)CC1. The third-order valence-electron chi connectivity index (χ3n) is 5.09. The van der Waals surface area contributed by atoms with Crippen LogP contribution in [0.25, 0.3) is 10.6 Å². The van der Waals surface area contributed by atoms with Crippen molar-refractivity contribution in [2.75, 3.05) is 18.0 Å². The molecule has 3 aromatic rings. The number of thiophene rings is 1. The number of hydrogen-bond acceptors (Lipinski definition) is 6. The Balaban J connectivity index is 1.27. The van der Waals surface area contributed by atoms with E-state index in [0.717, 1.165) is 48.1 Å². The predicted molar refractivity (Wildman–Crippen MR) is 110 cm³/mol. The van der Waals surface area contributed by atoms with Crippen LogP contribution in [0.1, 0.15) is 25.5 Å². The average Bonchev–Trinajstić information content (AvgIpc) is 3.42. The van der Waals surface area contributed by atoms with Crippen LogP contribution in [0, 0.1) is 5.92 Å². The highest BCUT2D eigenvalue weighted by molar-refractivity contribution is 7.13. The van der Waals surface area contributed by atoms with Gasteiger partial charge in [-0.1, -0.05) is 6.07 Å². The van der Waals surface area contributed by atoms with Crippen molar-refractivity contribution in [2.24, 2.45) is 5.92 Å². The first-order valence-electron chi connectivity index (χ1n) is 9.64. The number of anilines is 1. The third-order valence-corrected chi connectivity index (χ3v) is 5.98. The van der Waals surface area contributed by atoms with Crippen LogP contribution in [-0.4, -0.2) is 35.2 Å². The summed E-state index contributed by atoms with van der Waals surface area (Å²) >= 11 is 1.66. The summed E-state index contributed by atoms with van der Waals surface area (Å²) in [5.41, 5.74) is 0.901. The Morgan fingerprint density at radius 2 is 2.11 bits per heavy atom. The van der Waals surface area contributed by atoms with E-state index in [1.165, 1.54) is 0 Å². The molecule has 1 amide bonds. The minimum Gasteiger partial charge on any atom is -0.469 e. The molecule has 0 spiro atoms. The molecule has 1 fully saturated rings. The van der Waals surface area contributed by atoms with Gasteiger partial charge in [-0.15, -0.1) is 21.5 Å². The molecule has 1 N–H and O–H groups in total. The maximum absolute atomic E-state index is 12.6. The molecule has 146 valence electrons. The quantitative estimate of drug-likeness (QED) is 0.687. The van der Waals surface area contributed by atoms with Gasteiger partial charge in [0.1, 0.15) is 11.5 Å². The summed E-state index contributed by atoms with van der Waals surface area (Å²) < 4.78 is 5.36. The average molecular weight is 397 g/mol. The van der Waals surface area contributed by atoms with Crippen LogP contribution in [0.3, 0.4) is 0 Å². The highest BCUT2D eigenvalue weighted by Gasteiger charge is 2.26. The molecule has 1 aliphatic rings. The lowest BCUT2D eigenvalue weighted by atomic mass is 9.95. The molecule has 7 heteroatoms. The molecule has 6 nitrogen and oxygen atoms in total. The number of furan rings is 1. The number of amides is 1. The van der Waals surface area contributed by atoms with Gasteiger partial charge in [0.05, 0.1) is 11.1 Å². The number of aromatic nitrogens is 2. The third kappa shape index (κ3) is 4.42. The Labute approximate surface area is 168 Å².